The fourth-order valence-electron chi connectivity index (χ4n) is 3.48. The zero-order valence-electron chi connectivity index (χ0n) is 15.8. The summed E-state index contributed by atoms with van der Waals surface area (Å²) in [4.78, 5) is 36.0. The summed E-state index contributed by atoms with van der Waals surface area (Å²) in [5.74, 6) is 4.66. The number of para-hydroxylation sites is 1. The highest BCUT2D eigenvalue weighted by molar-refractivity contribution is 6.12. The number of hydrogen-bond acceptors (Lipinski definition) is 6. The molecular formula is C21H16N4O5. The predicted octanol–water partition coefficient (Wildman–Crippen LogP) is 3.41. The summed E-state index contributed by atoms with van der Waals surface area (Å²) in [6.45, 7) is 1.65. The van der Waals surface area contributed by atoms with Crippen molar-refractivity contribution in [2.75, 3.05) is 0 Å². The molecule has 0 bridgehead atoms. The SMILES string of the molecule is Cc1c(C(=O)NN)c2ccccc2n1C(=O)c1ccc(-c2cccc([N+](=O)[O-])c2)o1. The van der Waals surface area contributed by atoms with Crippen molar-refractivity contribution in [3.8, 4) is 11.3 Å². The van der Waals surface area contributed by atoms with Crippen molar-refractivity contribution in [3.05, 3.63) is 87.8 Å². The summed E-state index contributed by atoms with van der Waals surface area (Å²) in [5, 5.41) is 11.6. The Hall–Kier alpha value is -4.24. The number of non-ortho nitro benzene ring substituents is 1. The van der Waals surface area contributed by atoms with Gasteiger partial charge in [-0.25, -0.2) is 5.84 Å². The molecule has 2 aromatic heterocycles. The maximum atomic E-state index is 13.2. The van der Waals surface area contributed by atoms with Gasteiger partial charge in [-0.3, -0.25) is 29.7 Å². The Kier molecular flexibility index (Phi) is 4.65. The fourth-order valence-corrected chi connectivity index (χ4v) is 3.48. The Morgan fingerprint density at radius 3 is 2.60 bits per heavy atom. The minimum absolute atomic E-state index is 0.0278. The van der Waals surface area contributed by atoms with E-state index in [9.17, 15) is 19.7 Å². The van der Waals surface area contributed by atoms with E-state index in [1.54, 1.807) is 49.4 Å². The van der Waals surface area contributed by atoms with E-state index in [1.807, 2.05) is 0 Å². The summed E-state index contributed by atoms with van der Waals surface area (Å²) < 4.78 is 7.09. The lowest BCUT2D eigenvalue weighted by Crippen LogP contribution is -2.30. The number of nitrogens with one attached hydrogen (secondary N) is 1. The van der Waals surface area contributed by atoms with Gasteiger partial charge in [-0.2, -0.15) is 0 Å². The van der Waals surface area contributed by atoms with Gasteiger partial charge in [0.25, 0.3) is 17.5 Å². The number of nitrogen functional groups attached to an aromatic ring is 1. The number of carbonyl (C=O) groups excluding carboxylic acids is 2. The topological polar surface area (TPSA) is 133 Å². The Labute approximate surface area is 169 Å². The van der Waals surface area contributed by atoms with E-state index in [-0.39, 0.29) is 11.4 Å². The van der Waals surface area contributed by atoms with Crippen LogP contribution in [0.2, 0.25) is 0 Å². The summed E-state index contributed by atoms with van der Waals surface area (Å²) >= 11 is 0. The molecule has 0 saturated carbocycles. The second-order valence-corrected chi connectivity index (χ2v) is 6.56. The van der Waals surface area contributed by atoms with Crippen LogP contribution in [0.15, 0.2) is 65.1 Å². The normalized spacial score (nSPS) is 10.9. The Morgan fingerprint density at radius 2 is 1.87 bits per heavy atom. The molecule has 1 amide bonds. The molecule has 0 aliphatic rings. The minimum Gasteiger partial charge on any atom is -0.451 e. The molecule has 4 aromatic rings. The third kappa shape index (κ3) is 3.03. The highest BCUT2D eigenvalue weighted by Gasteiger charge is 2.25. The third-order valence-corrected chi connectivity index (χ3v) is 4.83. The van der Waals surface area contributed by atoms with Crippen LogP contribution in [-0.2, 0) is 0 Å². The number of hydrogen-bond donors (Lipinski definition) is 2. The second kappa shape index (κ2) is 7.30. The van der Waals surface area contributed by atoms with Gasteiger partial charge in [0.2, 0.25) is 0 Å². The molecule has 0 atom stereocenters. The lowest BCUT2D eigenvalue weighted by molar-refractivity contribution is -0.384. The van der Waals surface area contributed by atoms with Crippen molar-refractivity contribution in [2.24, 2.45) is 5.84 Å². The number of nitrogens with zero attached hydrogens (tertiary/aromatic N) is 2. The second-order valence-electron chi connectivity index (χ2n) is 6.56. The maximum Gasteiger partial charge on any atom is 0.298 e. The minimum atomic E-state index is -0.507. The summed E-state index contributed by atoms with van der Waals surface area (Å²) in [7, 11) is 0. The molecule has 0 radical (unpaired) electrons. The van der Waals surface area contributed by atoms with E-state index in [0.29, 0.717) is 33.5 Å². The first-order valence-corrected chi connectivity index (χ1v) is 8.92. The number of nitro groups is 1. The van der Waals surface area contributed by atoms with E-state index in [1.165, 1.54) is 22.8 Å². The van der Waals surface area contributed by atoms with Crippen molar-refractivity contribution in [2.45, 2.75) is 6.92 Å². The molecule has 0 saturated heterocycles. The Balaban J connectivity index is 1.80. The number of rotatable bonds is 4. The molecule has 2 heterocycles. The number of fused-ring (bicyclic) bond motifs is 1. The van der Waals surface area contributed by atoms with E-state index < -0.39 is 16.7 Å². The molecule has 0 aliphatic carbocycles. The monoisotopic (exact) mass is 404 g/mol. The number of hydrazine groups is 1. The van der Waals surface area contributed by atoms with Crippen LogP contribution in [0.3, 0.4) is 0 Å². The van der Waals surface area contributed by atoms with Crippen LogP contribution in [-0.4, -0.2) is 21.3 Å². The van der Waals surface area contributed by atoms with E-state index in [0.717, 1.165) is 0 Å². The molecule has 9 nitrogen and oxygen atoms in total. The number of carbonyl (C=O) groups is 2. The quantitative estimate of drug-likeness (QED) is 0.232. The average molecular weight is 404 g/mol. The molecule has 30 heavy (non-hydrogen) atoms. The van der Waals surface area contributed by atoms with Crippen molar-refractivity contribution in [3.63, 3.8) is 0 Å². The molecule has 0 spiro atoms. The predicted molar refractivity (Wildman–Crippen MR) is 109 cm³/mol. The number of furan rings is 1. The Morgan fingerprint density at radius 1 is 1.10 bits per heavy atom. The summed E-state index contributed by atoms with van der Waals surface area (Å²) in [6, 6.07) is 16.0. The van der Waals surface area contributed by atoms with Crippen LogP contribution in [0, 0.1) is 17.0 Å². The van der Waals surface area contributed by atoms with Gasteiger partial charge in [0.15, 0.2) is 5.76 Å². The van der Waals surface area contributed by atoms with Gasteiger partial charge in [-0.15, -0.1) is 0 Å². The van der Waals surface area contributed by atoms with Crippen LogP contribution in [0.25, 0.3) is 22.2 Å². The van der Waals surface area contributed by atoms with Crippen molar-refractivity contribution in [1.82, 2.24) is 9.99 Å². The van der Waals surface area contributed by atoms with Crippen molar-refractivity contribution in [1.29, 1.82) is 0 Å². The van der Waals surface area contributed by atoms with Gasteiger partial charge in [0, 0.05) is 28.8 Å². The average Bonchev–Trinajstić information content (AvgIpc) is 3.35. The first kappa shape index (κ1) is 19.1. The van der Waals surface area contributed by atoms with E-state index >= 15 is 0 Å². The Bertz CT molecular complexity index is 1320. The summed E-state index contributed by atoms with van der Waals surface area (Å²) in [5.41, 5.74) is 3.74. The van der Waals surface area contributed by atoms with Gasteiger partial charge in [0.1, 0.15) is 5.76 Å². The number of aromatic nitrogens is 1. The van der Waals surface area contributed by atoms with E-state index in [2.05, 4.69) is 5.43 Å². The largest absolute Gasteiger partial charge is 0.451 e. The van der Waals surface area contributed by atoms with Crippen molar-refractivity contribution < 1.29 is 18.9 Å². The molecule has 2 aromatic carbocycles. The molecule has 9 heteroatoms. The molecule has 0 unspecified atom stereocenters. The third-order valence-electron chi connectivity index (χ3n) is 4.83. The van der Waals surface area contributed by atoms with Crippen molar-refractivity contribution >= 4 is 28.4 Å². The lowest BCUT2D eigenvalue weighted by Gasteiger charge is -2.05. The smallest absolute Gasteiger partial charge is 0.298 e. The van der Waals surface area contributed by atoms with Gasteiger partial charge in [-0.1, -0.05) is 30.3 Å². The molecule has 0 fully saturated rings. The number of nitro benzene ring substituents is 1. The van der Waals surface area contributed by atoms with Gasteiger partial charge < -0.3 is 4.42 Å². The van der Waals surface area contributed by atoms with Crippen LogP contribution in [0.4, 0.5) is 5.69 Å². The van der Waals surface area contributed by atoms with Crippen LogP contribution in [0.1, 0.15) is 26.6 Å². The number of nitrogens with two attached hydrogens (primary N) is 1. The van der Waals surface area contributed by atoms with E-state index in [4.69, 9.17) is 10.3 Å². The lowest BCUT2D eigenvalue weighted by atomic mass is 10.1. The zero-order chi connectivity index (χ0) is 21.4. The number of amides is 1. The van der Waals surface area contributed by atoms with Gasteiger partial charge in [-0.05, 0) is 25.1 Å². The van der Waals surface area contributed by atoms with Crippen LogP contribution in [0.5, 0.6) is 0 Å². The maximum absolute atomic E-state index is 13.2. The molecule has 0 aliphatic heterocycles. The summed E-state index contributed by atoms with van der Waals surface area (Å²) in [6.07, 6.45) is 0. The molecule has 4 rings (SSSR count). The highest BCUT2D eigenvalue weighted by Crippen LogP contribution is 2.29. The highest BCUT2D eigenvalue weighted by atomic mass is 16.6. The molecule has 150 valence electrons. The standard InChI is InChI=1S/C21H16N4O5/c1-12-19(20(26)23-22)15-7-2-3-8-16(15)24(12)21(27)18-10-9-17(30-18)13-5-4-6-14(11-13)25(28)29/h2-11H,22H2,1H3,(H,23,26). The molecular weight excluding hydrogens is 388 g/mol. The van der Waals surface area contributed by atoms with Crippen LogP contribution >= 0.6 is 0 Å². The molecule has 3 N–H and O–H groups in total. The fraction of sp³-hybridized carbons (Fsp3) is 0.0476. The first-order chi connectivity index (χ1) is 14.4. The first-order valence-electron chi connectivity index (χ1n) is 8.92. The van der Waals surface area contributed by atoms with Crippen LogP contribution < -0.4 is 11.3 Å². The van der Waals surface area contributed by atoms with Gasteiger partial charge >= 0.3 is 0 Å². The zero-order valence-corrected chi connectivity index (χ0v) is 15.8. The van der Waals surface area contributed by atoms with Gasteiger partial charge in [0.05, 0.1) is 16.0 Å². The number of benzene rings is 2.